The van der Waals surface area contributed by atoms with Crippen LogP contribution in [0.5, 0.6) is 0 Å². The molecule has 0 saturated carbocycles. The summed E-state index contributed by atoms with van der Waals surface area (Å²) in [6.45, 7) is -1.69. The van der Waals surface area contributed by atoms with Gasteiger partial charge in [-0.25, -0.2) is 19.4 Å². The van der Waals surface area contributed by atoms with E-state index in [1.807, 2.05) is 0 Å². The van der Waals surface area contributed by atoms with Crippen LogP contribution >= 0.6 is 0 Å². The van der Waals surface area contributed by atoms with E-state index < -0.39 is 61.2 Å². The molecule has 0 bridgehead atoms. The third-order valence-electron chi connectivity index (χ3n) is 3.74. The van der Waals surface area contributed by atoms with Crippen LogP contribution in [0.25, 0.3) is 0 Å². The molecule has 0 radical (unpaired) electrons. The number of rotatable bonds is 9. The number of carboxylic acids is 2. The molecule has 2 rings (SSSR count). The van der Waals surface area contributed by atoms with E-state index >= 15 is 0 Å². The fraction of sp³-hybridized carbons (Fsp3) is 0.571. The summed E-state index contributed by atoms with van der Waals surface area (Å²) in [6, 6.07) is 0. The monoisotopic (exact) mass is 372 g/mol. The van der Waals surface area contributed by atoms with Gasteiger partial charge in [-0.2, -0.15) is 0 Å². The van der Waals surface area contributed by atoms with Crippen LogP contribution in [0.3, 0.4) is 0 Å². The lowest BCUT2D eigenvalue weighted by molar-refractivity contribution is -0.240. The molecule has 2 saturated heterocycles. The number of hydrogen-bond acceptors (Lipinski definition) is 8. The summed E-state index contributed by atoms with van der Waals surface area (Å²) in [7, 11) is 0. The highest BCUT2D eigenvalue weighted by Gasteiger charge is 2.62. The van der Waals surface area contributed by atoms with Crippen molar-refractivity contribution in [2.24, 2.45) is 0 Å². The van der Waals surface area contributed by atoms with Crippen molar-refractivity contribution in [2.75, 3.05) is 19.8 Å². The third kappa shape index (κ3) is 3.41. The van der Waals surface area contributed by atoms with E-state index in [1.54, 1.807) is 0 Å². The molecule has 12 nitrogen and oxygen atoms in total. The molecule has 0 aromatic heterocycles. The summed E-state index contributed by atoms with van der Waals surface area (Å²) in [5.41, 5.74) is 0. The molecule has 12 heteroatoms. The zero-order chi connectivity index (χ0) is 19.5. The van der Waals surface area contributed by atoms with Crippen LogP contribution in [0.15, 0.2) is 0 Å². The smallest absolute Gasteiger partial charge is 0.382 e. The van der Waals surface area contributed by atoms with Crippen molar-refractivity contribution in [1.29, 1.82) is 0 Å². The van der Waals surface area contributed by atoms with Crippen molar-refractivity contribution < 1.29 is 48.5 Å². The molecule has 0 atom stereocenters. The molecule has 0 spiro atoms. The van der Waals surface area contributed by atoms with Crippen LogP contribution < -0.4 is 0 Å². The van der Waals surface area contributed by atoms with Crippen molar-refractivity contribution in [3.63, 3.8) is 0 Å². The van der Waals surface area contributed by atoms with Gasteiger partial charge in [-0.15, -0.1) is 0 Å². The number of carbonyl (C=O) groups is 6. The van der Waals surface area contributed by atoms with Gasteiger partial charge in [-0.3, -0.25) is 19.2 Å². The summed E-state index contributed by atoms with van der Waals surface area (Å²) in [4.78, 5) is 71.3. The van der Waals surface area contributed by atoms with Gasteiger partial charge in [0.15, 0.2) is 0 Å². The zero-order valence-corrected chi connectivity index (χ0v) is 13.5. The first-order valence-corrected chi connectivity index (χ1v) is 7.60. The third-order valence-corrected chi connectivity index (χ3v) is 3.74. The van der Waals surface area contributed by atoms with Crippen molar-refractivity contribution in [1.82, 2.24) is 9.80 Å². The molecule has 2 aliphatic heterocycles. The minimum Gasteiger partial charge on any atom is -0.480 e. The first-order valence-electron chi connectivity index (χ1n) is 7.60. The summed E-state index contributed by atoms with van der Waals surface area (Å²) >= 11 is 0. The van der Waals surface area contributed by atoms with Crippen LogP contribution in [0.2, 0.25) is 0 Å². The van der Waals surface area contributed by atoms with Crippen molar-refractivity contribution in [2.45, 2.75) is 31.5 Å². The molecule has 0 aliphatic carbocycles. The number of amides is 4. The average molecular weight is 372 g/mol. The molecule has 0 unspecified atom stereocenters. The molecule has 2 fully saturated rings. The number of likely N-dealkylation sites (tertiary alicyclic amines) is 2. The lowest BCUT2D eigenvalue weighted by Gasteiger charge is -2.40. The fourth-order valence-electron chi connectivity index (χ4n) is 2.71. The highest BCUT2D eigenvalue weighted by molar-refractivity contribution is 6.11. The van der Waals surface area contributed by atoms with Gasteiger partial charge in [0.1, 0.15) is 6.61 Å². The summed E-state index contributed by atoms with van der Waals surface area (Å²) < 4.78 is 9.88. The van der Waals surface area contributed by atoms with E-state index in [4.69, 9.17) is 14.6 Å². The molecule has 0 aromatic carbocycles. The van der Waals surface area contributed by atoms with Gasteiger partial charge in [-0.05, 0) is 0 Å². The Morgan fingerprint density at radius 2 is 1.27 bits per heavy atom. The summed E-state index contributed by atoms with van der Waals surface area (Å²) in [6.07, 6.45) is -1.15. The molecule has 142 valence electrons. The lowest BCUT2D eigenvalue weighted by Crippen LogP contribution is -2.70. The average Bonchev–Trinajstić information content (AvgIpc) is 3.06. The Bertz CT molecular complexity index is 605. The first-order chi connectivity index (χ1) is 12.2. The minimum atomic E-state index is -2.96. The minimum absolute atomic E-state index is 0.258. The number of aliphatic carboxylic acids is 2. The molecule has 0 aromatic rings. The van der Waals surface area contributed by atoms with Gasteiger partial charge >= 0.3 is 17.8 Å². The standard InChI is InChI=1S/C14H16N2O10/c17-8-1-2-9(18)15(8)14(13(23)24,16-10(19)3-4-11(16)20)26-6-5-25-7-12(21)22/h1-7H2,(H,21,22)(H,23,24). The largest absolute Gasteiger partial charge is 0.480 e. The van der Waals surface area contributed by atoms with Gasteiger partial charge in [0.2, 0.25) is 23.6 Å². The van der Waals surface area contributed by atoms with Gasteiger partial charge in [0.05, 0.1) is 13.2 Å². The highest BCUT2D eigenvalue weighted by atomic mass is 16.6. The predicted molar refractivity (Wildman–Crippen MR) is 76.9 cm³/mol. The zero-order valence-electron chi connectivity index (χ0n) is 13.5. The van der Waals surface area contributed by atoms with Gasteiger partial charge in [-0.1, -0.05) is 0 Å². The normalized spacial score (nSPS) is 18.2. The van der Waals surface area contributed by atoms with Crippen LogP contribution in [-0.2, 0) is 38.2 Å². The fourth-order valence-corrected chi connectivity index (χ4v) is 2.71. The molecular weight excluding hydrogens is 356 g/mol. The first kappa shape index (κ1) is 19.5. The summed E-state index contributed by atoms with van der Waals surface area (Å²) in [5.74, 6) is -9.75. The van der Waals surface area contributed by atoms with E-state index in [1.165, 1.54) is 0 Å². The topological polar surface area (TPSA) is 168 Å². The van der Waals surface area contributed by atoms with Crippen molar-refractivity contribution in [3.8, 4) is 0 Å². The van der Waals surface area contributed by atoms with E-state index in [-0.39, 0.29) is 35.5 Å². The number of carbonyl (C=O) groups excluding carboxylic acids is 4. The van der Waals surface area contributed by atoms with E-state index in [2.05, 4.69) is 0 Å². The van der Waals surface area contributed by atoms with Crippen molar-refractivity contribution in [3.05, 3.63) is 0 Å². The molecular formula is C14H16N2O10. The number of nitrogens with zero attached hydrogens (tertiary/aromatic N) is 2. The predicted octanol–water partition coefficient (Wildman–Crippen LogP) is -1.86. The van der Waals surface area contributed by atoms with E-state index in [9.17, 15) is 33.9 Å². The number of ether oxygens (including phenoxy) is 2. The Kier molecular flexibility index (Phi) is 5.67. The Morgan fingerprint density at radius 3 is 1.62 bits per heavy atom. The SMILES string of the molecule is O=C(O)COCCOC(C(=O)O)(N1C(=O)CCC1=O)N1C(=O)CCC1=O. The van der Waals surface area contributed by atoms with Gasteiger partial charge in [0.25, 0.3) is 0 Å². The van der Waals surface area contributed by atoms with E-state index in [0.717, 1.165) is 0 Å². The van der Waals surface area contributed by atoms with Gasteiger partial charge < -0.3 is 19.7 Å². The Labute approximate surface area is 146 Å². The molecule has 4 amide bonds. The molecule has 26 heavy (non-hydrogen) atoms. The molecule has 2 heterocycles. The number of imide groups is 2. The summed E-state index contributed by atoms with van der Waals surface area (Å²) in [5, 5.41) is 18.2. The van der Waals surface area contributed by atoms with Gasteiger partial charge in [0, 0.05) is 25.7 Å². The quantitative estimate of drug-likeness (QED) is 0.346. The second-order valence-electron chi connectivity index (χ2n) is 5.45. The second kappa shape index (κ2) is 7.58. The maximum Gasteiger partial charge on any atom is 0.382 e. The van der Waals surface area contributed by atoms with E-state index in [0.29, 0.717) is 0 Å². The highest BCUT2D eigenvalue weighted by Crippen LogP contribution is 2.33. The molecule has 2 aliphatic rings. The number of carboxylic acid groups (broad SMARTS) is 2. The van der Waals surface area contributed by atoms with Crippen LogP contribution in [0.1, 0.15) is 25.7 Å². The van der Waals surface area contributed by atoms with Crippen LogP contribution in [0, 0.1) is 0 Å². The maximum atomic E-state index is 12.1. The Hall–Kier alpha value is -2.86. The Balaban J connectivity index is 2.35. The maximum absolute atomic E-state index is 12.1. The van der Waals surface area contributed by atoms with Crippen LogP contribution in [-0.4, -0.2) is 81.2 Å². The Morgan fingerprint density at radius 1 is 0.846 bits per heavy atom. The van der Waals surface area contributed by atoms with Crippen molar-refractivity contribution >= 4 is 35.6 Å². The molecule has 2 N–H and O–H groups in total. The lowest BCUT2D eigenvalue weighted by atomic mass is 10.2. The number of hydrogen-bond donors (Lipinski definition) is 2. The van der Waals surface area contributed by atoms with Crippen LogP contribution in [0.4, 0.5) is 0 Å². The second-order valence-corrected chi connectivity index (χ2v) is 5.45.